The molecule has 0 spiro atoms. The largest absolute Gasteiger partial charge is 0.379 e. The molecule has 1 N–H and O–H groups in total. The van der Waals surface area contributed by atoms with Crippen LogP contribution in [0.1, 0.15) is 53.9 Å². The Balaban J connectivity index is 2.55. The van der Waals surface area contributed by atoms with Crippen molar-refractivity contribution in [3.8, 4) is 0 Å². The van der Waals surface area contributed by atoms with Gasteiger partial charge >= 0.3 is 0 Å². The molecule has 0 amide bonds. The summed E-state index contributed by atoms with van der Waals surface area (Å²) in [5.74, 6) is 0. The van der Waals surface area contributed by atoms with Crippen LogP contribution in [-0.2, 0) is 9.47 Å². The molecule has 1 aliphatic rings. The van der Waals surface area contributed by atoms with Gasteiger partial charge in [0.2, 0.25) is 0 Å². The molecule has 1 saturated carbocycles. The molecule has 0 heterocycles. The van der Waals surface area contributed by atoms with E-state index in [0.29, 0.717) is 24.2 Å². The lowest BCUT2D eigenvalue weighted by molar-refractivity contribution is -0.0929. The van der Waals surface area contributed by atoms with Crippen LogP contribution in [0.25, 0.3) is 0 Å². The van der Waals surface area contributed by atoms with Crippen molar-refractivity contribution in [2.45, 2.75) is 72.1 Å². The second-order valence-corrected chi connectivity index (χ2v) is 6.06. The van der Waals surface area contributed by atoms with E-state index in [0.717, 1.165) is 19.6 Å². The fourth-order valence-electron chi connectivity index (χ4n) is 2.98. The van der Waals surface area contributed by atoms with E-state index >= 15 is 0 Å². The molecule has 1 rings (SSSR count). The minimum Gasteiger partial charge on any atom is -0.379 e. The monoisotopic (exact) mass is 257 g/mol. The number of likely N-dealkylation sites (N-methyl/N-ethyl adjacent to an activating group) is 1. The number of nitrogens with one attached hydrogen (secondary N) is 1. The smallest absolute Gasteiger partial charge is 0.0785 e. The summed E-state index contributed by atoms with van der Waals surface area (Å²) in [6.07, 6.45) is 4.22. The maximum Gasteiger partial charge on any atom is 0.0785 e. The van der Waals surface area contributed by atoms with Crippen molar-refractivity contribution in [1.82, 2.24) is 5.32 Å². The summed E-state index contributed by atoms with van der Waals surface area (Å²) < 4.78 is 11.6. The van der Waals surface area contributed by atoms with E-state index in [1.54, 1.807) is 0 Å². The summed E-state index contributed by atoms with van der Waals surface area (Å²) >= 11 is 0. The zero-order valence-electron chi connectivity index (χ0n) is 12.8. The predicted molar refractivity (Wildman–Crippen MR) is 75.9 cm³/mol. The first kappa shape index (κ1) is 15.9. The van der Waals surface area contributed by atoms with Crippen molar-refractivity contribution >= 4 is 0 Å². The van der Waals surface area contributed by atoms with Crippen molar-refractivity contribution in [3.05, 3.63) is 0 Å². The highest BCUT2D eigenvalue weighted by Crippen LogP contribution is 2.37. The molecule has 0 aromatic heterocycles. The van der Waals surface area contributed by atoms with Gasteiger partial charge in [0.05, 0.1) is 18.8 Å². The second-order valence-electron chi connectivity index (χ2n) is 6.06. The molecule has 3 nitrogen and oxygen atoms in total. The van der Waals surface area contributed by atoms with Crippen molar-refractivity contribution in [3.63, 3.8) is 0 Å². The Bertz CT molecular complexity index is 231. The lowest BCUT2D eigenvalue weighted by Gasteiger charge is -2.45. The van der Waals surface area contributed by atoms with Gasteiger partial charge in [-0.1, -0.05) is 27.2 Å². The molecule has 0 aromatic carbocycles. The van der Waals surface area contributed by atoms with E-state index in [1.165, 1.54) is 12.8 Å². The summed E-state index contributed by atoms with van der Waals surface area (Å²) in [6, 6.07) is 0.459. The minimum atomic E-state index is 0.185. The first-order chi connectivity index (χ1) is 8.51. The van der Waals surface area contributed by atoms with E-state index in [1.807, 2.05) is 6.92 Å². The Hall–Kier alpha value is -0.120. The molecule has 3 unspecified atom stereocenters. The first-order valence-corrected chi connectivity index (χ1v) is 7.47. The van der Waals surface area contributed by atoms with Gasteiger partial charge in [0.15, 0.2) is 0 Å². The summed E-state index contributed by atoms with van der Waals surface area (Å²) in [6.45, 7) is 13.5. The van der Waals surface area contributed by atoms with Crippen LogP contribution in [-0.4, -0.2) is 38.0 Å². The molecule has 0 saturated heterocycles. The molecule has 3 heteroatoms. The highest BCUT2D eigenvalue weighted by atomic mass is 16.5. The Labute approximate surface area is 113 Å². The number of ether oxygens (including phenoxy) is 2. The molecule has 0 radical (unpaired) electrons. The van der Waals surface area contributed by atoms with E-state index in [9.17, 15) is 0 Å². The summed E-state index contributed by atoms with van der Waals surface area (Å²) in [4.78, 5) is 0. The van der Waals surface area contributed by atoms with Crippen molar-refractivity contribution < 1.29 is 9.47 Å². The zero-order valence-corrected chi connectivity index (χ0v) is 12.8. The van der Waals surface area contributed by atoms with Gasteiger partial charge in [0, 0.05) is 12.6 Å². The maximum absolute atomic E-state index is 6.21. The highest BCUT2D eigenvalue weighted by molar-refractivity contribution is 4.94. The quantitative estimate of drug-likeness (QED) is 0.760. The van der Waals surface area contributed by atoms with Crippen molar-refractivity contribution in [2.75, 3.05) is 19.8 Å². The molecule has 1 aliphatic carbocycles. The topological polar surface area (TPSA) is 30.5 Å². The van der Waals surface area contributed by atoms with Gasteiger partial charge in [-0.05, 0) is 38.6 Å². The molecule has 1 fully saturated rings. The van der Waals surface area contributed by atoms with Gasteiger partial charge < -0.3 is 14.8 Å². The molecule has 0 aliphatic heterocycles. The summed E-state index contributed by atoms with van der Waals surface area (Å²) in [5.41, 5.74) is 0.324. The van der Waals surface area contributed by atoms with Gasteiger partial charge in [0.1, 0.15) is 0 Å². The van der Waals surface area contributed by atoms with Gasteiger partial charge in [-0.15, -0.1) is 0 Å². The average molecular weight is 257 g/mol. The fraction of sp³-hybridized carbons (Fsp3) is 1.00. The Kier molecular flexibility index (Phi) is 6.61. The van der Waals surface area contributed by atoms with Crippen LogP contribution in [0.4, 0.5) is 0 Å². The number of hydrogen-bond acceptors (Lipinski definition) is 3. The Morgan fingerprint density at radius 1 is 1.33 bits per heavy atom. The van der Waals surface area contributed by atoms with Crippen LogP contribution in [0.3, 0.4) is 0 Å². The third-order valence-electron chi connectivity index (χ3n) is 3.91. The van der Waals surface area contributed by atoms with Crippen molar-refractivity contribution in [2.24, 2.45) is 5.41 Å². The Morgan fingerprint density at radius 3 is 2.67 bits per heavy atom. The van der Waals surface area contributed by atoms with Crippen LogP contribution in [0, 0.1) is 5.41 Å². The molecule has 108 valence electrons. The number of hydrogen-bond donors (Lipinski definition) is 1. The normalized spacial score (nSPS) is 29.2. The SMILES string of the molecule is CCNC1C(OC(C)COCC)CCCC1(C)C. The third kappa shape index (κ3) is 4.52. The van der Waals surface area contributed by atoms with E-state index in [4.69, 9.17) is 9.47 Å². The van der Waals surface area contributed by atoms with Crippen molar-refractivity contribution in [1.29, 1.82) is 0 Å². The first-order valence-electron chi connectivity index (χ1n) is 7.47. The van der Waals surface area contributed by atoms with Crippen LogP contribution in [0.5, 0.6) is 0 Å². The zero-order chi connectivity index (χ0) is 13.6. The van der Waals surface area contributed by atoms with Gasteiger partial charge in [-0.25, -0.2) is 0 Å². The van der Waals surface area contributed by atoms with Gasteiger partial charge in [-0.3, -0.25) is 0 Å². The van der Waals surface area contributed by atoms with Gasteiger partial charge in [0.25, 0.3) is 0 Å². The van der Waals surface area contributed by atoms with Crippen LogP contribution < -0.4 is 5.32 Å². The predicted octanol–water partition coefficient (Wildman–Crippen LogP) is 2.98. The second kappa shape index (κ2) is 7.46. The lowest BCUT2D eigenvalue weighted by Crippen LogP contribution is -2.54. The average Bonchev–Trinajstić information content (AvgIpc) is 2.30. The van der Waals surface area contributed by atoms with Gasteiger partial charge in [-0.2, -0.15) is 0 Å². The van der Waals surface area contributed by atoms with Crippen LogP contribution in [0.2, 0.25) is 0 Å². The van der Waals surface area contributed by atoms with E-state index in [-0.39, 0.29) is 6.10 Å². The summed E-state index contributed by atoms with van der Waals surface area (Å²) in [7, 11) is 0. The number of rotatable bonds is 7. The molecular weight excluding hydrogens is 226 g/mol. The van der Waals surface area contributed by atoms with Crippen LogP contribution in [0.15, 0.2) is 0 Å². The third-order valence-corrected chi connectivity index (χ3v) is 3.91. The standard InChI is InChI=1S/C15H31NO2/c1-6-16-14-13(9-8-10-15(14,4)5)18-12(3)11-17-7-2/h12-14,16H,6-11H2,1-5H3. The maximum atomic E-state index is 6.21. The molecular formula is C15H31NO2. The van der Waals surface area contributed by atoms with Crippen LogP contribution >= 0.6 is 0 Å². The van der Waals surface area contributed by atoms with E-state index < -0.39 is 0 Å². The fourth-order valence-corrected chi connectivity index (χ4v) is 2.98. The lowest BCUT2D eigenvalue weighted by atomic mass is 9.71. The molecule has 18 heavy (non-hydrogen) atoms. The van der Waals surface area contributed by atoms with E-state index in [2.05, 4.69) is 33.0 Å². The Morgan fingerprint density at radius 2 is 2.06 bits per heavy atom. The minimum absolute atomic E-state index is 0.185. The molecule has 3 atom stereocenters. The highest BCUT2D eigenvalue weighted by Gasteiger charge is 2.39. The molecule has 0 aromatic rings. The summed E-state index contributed by atoms with van der Waals surface area (Å²) in [5, 5.41) is 3.62. The molecule has 0 bridgehead atoms.